The molecule has 0 N–H and O–H groups in total. The fourth-order valence-corrected chi connectivity index (χ4v) is 2.52. The van der Waals surface area contributed by atoms with Gasteiger partial charge in [-0.2, -0.15) is 13.2 Å². The van der Waals surface area contributed by atoms with Crippen molar-refractivity contribution < 1.29 is 22.7 Å². The van der Waals surface area contributed by atoms with Crippen molar-refractivity contribution in [3.63, 3.8) is 0 Å². The largest absolute Gasteiger partial charge is 0.492 e. The number of hydrogen-bond donors (Lipinski definition) is 0. The fraction of sp³-hybridized carbons (Fsp3) is 0.267. The van der Waals surface area contributed by atoms with Gasteiger partial charge in [-0.3, -0.25) is 14.2 Å². The van der Waals surface area contributed by atoms with Crippen LogP contribution in [0.2, 0.25) is 0 Å². The summed E-state index contributed by atoms with van der Waals surface area (Å²) in [7, 11) is 0.924. The minimum Gasteiger partial charge on any atom is -0.492 e. The van der Waals surface area contributed by atoms with Crippen LogP contribution in [0.15, 0.2) is 33.9 Å². The number of benzene rings is 1. The molecule has 9 heteroatoms. The molecule has 24 heavy (non-hydrogen) atoms. The van der Waals surface area contributed by atoms with Gasteiger partial charge in [0.05, 0.1) is 17.9 Å². The van der Waals surface area contributed by atoms with Crippen LogP contribution >= 0.6 is 0 Å². The molecule has 0 radical (unpaired) electrons. The zero-order valence-corrected chi connectivity index (χ0v) is 12.4. The van der Waals surface area contributed by atoms with Crippen molar-refractivity contribution >= 4 is 5.78 Å². The lowest BCUT2D eigenvalue weighted by Crippen LogP contribution is -2.40. The van der Waals surface area contributed by atoms with E-state index in [4.69, 9.17) is 4.74 Å². The van der Waals surface area contributed by atoms with Crippen LogP contribution in [0.4, 0.5) is 13.2 Å². The second kappa shape index (κ2) is 5.36. The monoisotopic (exact) mass is 340 g/mol. The van der Waals surface area contributed by atoms with Crippen molar-refractivity contribution in [2.75, 3.05) is 6.61 Å². The first-order chi connectivity index (χ1) is 11.2. The molecule has 0 unspecified atom stereocenters. The topological polar surface area (TPSA) is 70.3 Å². The summed E-state index contributed by atoms with van der Waals surface area (Å²) in [6.07, 6.45) is -4.68. The van der Waals surface area contributed by atoms with Crippen LogP contribution in [-0.4, -0.2) is 21.5 Å². The first-order valence-electron chi connectivity index (χ1n) is 6.91. The highest BCUT2D eigenvalue weighted by molar-refractivity contribution is 6.00. The first kappa shape index (κ1) is 16.0. The average Bonchev–Trinajstić information content (AvgIpc) is 2.50. The second-order valence-electron chi connectivity index (χ2n) is 5.24. The Morgan fingerprint density at radius 3 is 2.50 bits per heavy atom. The highest BCUT2D eigenvalue weighted by atomic mass is 19.4. The number of ether oxygens (including phenoxy) is 1. The quantitative estimate of drug-likeness (QED) is 0.789. The van der Waals surface area contributed by atoms with E-state index in [9.17, 15) is 27.6 Å². The number of fused-ring (bicyclic) bond motifs is 1. The lowest BCUT2D eigenvalue weighted by molar-refractivity contribution is -0.144. The Morgan fingerprint density at radius 2 is 1.83 bits per heavy atom. The van der Waals surface area contributed by atoms with Gasteiger partial charge >= 0.3 is 11.9 Å². The fourth-order valence-electron chi connectivity index (χ4n) is 2.52. The van der Waals surface area contributed by atoms with Crippen LogP contribution in [0.25, 0.3) is 5.69 Å². The Hall–Kier alpha value is -2.84. The predicted octanol–water partition coefficient (Wildman–Crippen LogP) is 1.52. The van der Waals surface area contributed by atoms with Gasteiger partial charge in [-0.15, -0.1) is 0 Å². The smallest absolute Gasteiger partial charge is 0.431 e. The van der Waals surface area contributed by atoms with Gasteiger partial charge in [-0.1, -0.05) is 0 Å². The van der Waals surface area contributed by atoms with Gasteiger partial charge in [-0.25, -0.2) is 9.36 Å². The molecule has 0 bridgehead atoms. The zero-order valence-electron chi connectivity index (χ0n) is 12.4. The Balaban J connectivity index is 2.23. The minimum absolute atomic E-state index is 0.00641. The summed E-state index contributed by atoms with van der Waals surface area (Å²) in [5.74, 6) is 0.0849. The summed E-state index contributed by atoms with van der Waals surface area (Å²) < 4.78 is 44.8. The number of rotatable bonds is 1. The van der Waals surface area contributed by atoms with Crippen molar-refractivity contribution in [1.82, 2.24) is 9.13 Å². The molecule has 1 aliphatic heterocycles. The lowest BCUT2D eigenvalue weighted by atomic mass is 10.0. The maximum absolute atomic E-state index is 12.9. The Labute approximate surface area is 132 Å². The Morgan fingerprint density at radius 1 is 1.12 bits per heavy atom. The summed E-state index contributed by atoms with van der Waals surface area (Å²) in [6, 6.07) is 4.37. The second-order valence-corrected chi connectivity index (χ2v) is 5.24. The molecule has 2 aromatic rings. The van der Waals surface area contributed by atoms with Gasteiger partial charge in [0.1, 0.15) is 11.4 Å². The minimum atomic E-state index is -4.83. The number of alkyl halides is 3. The summed E-state index contributed by atoms with van der Waals surface area (Å²) in [5.41, 5.74) is -3.43. The molecule has 6 nitrogen and oxygen atoms in total. The SMILES string of the molecule is Cn1c(C(F)(F)F)cc(=O)n(-c2ccc3c(c2)C(=O)CCO3)c1=O. The summed E-state index contributed by atoms with van der Waals surface area (Å²) in [6.45, 7) is 0.229. The van der Waals surface area contributed by atoms with Crippen molar-refractivity contribution in [3.05, 3.63) is 56.4 Å². The predicted molar refractivity (Wildman–Crippen MR) is 76.7 cm³/mol. The maximum Gasteiger partial charge on any atom is 0.431 e. The van der Waals surface area contributed by atoms with E-state index in [0.717, 1.165) is 7.05 Å². The zero-order chi connectivity index (χ0) is 17.6. The third-order valence-corrected chi connectivity index (χ3v) is 3.72. The normalized spacial score (nSPS) is 14.2. The Kier molecular flexibility index (Phi) is 3.58. The van der Waals surface area contributed by atoms with Gasteiger partial charge in [-0.05, 0) is 18.2 Å². The number of ketones is 1. The molecule has 0 saturated heterocycles. The van der Waals surface area contributed by atoms with Gasteiger partial charge in [0.2, 0.25) is 0 Å². The molecule has 0 saturated carbocycles. The molecule has 3 rings (SSSR count). The number of aromatic nitrogens is 2. The van der Waals surface area contributed by atoms with E-state index in [-0.39, 0.29) is 30.1 Å². The van der Waals surface area contributed by atoms with Crippen molar-refractivity contribution in [1.29, 1.82) is 0 Å². The van der Waals surface area contributed by atoms with Gasteiger partial charge in [0, 0.05) is 19.5 Å². The number of nitrogens with zero attached hydrogens (tertiary/aromatic N) is 2. The Bertz CT molecular complexity index is 957. The molecule has 0 spiro atoms. The van der Waals surface area contributed by atoms with E-state index in [2.05, 4.69) is 0 Å². The van der Waals surface area contributed by atoms with Gasteiger partial charge in [0.25, 0.3) is 5.56 Å². The van der Waals surface area contributed by atoms with Crippen LogP contribution < -0.4 is 16.0 Å². The van der Waals surface area contributed by atoms with E-state index >= 15 is 0 Å². The molecule has 1 aliphatic rings. The number of hydrogen-bond acceptors (Lipinski definition) is 4. The van der Waals surface area contributed by atoms with Crippen molar-refractivity contribution in [2.24, 2.45) is 7.05 Å². The van der Waals surface area contributed by atoms with Crippen molar-refractivity contribution in [3.8, 4) is 11.4 Å². The van der Waals surface area contributed by atoms with Crippen LogP contribution in [-0.2, 0) is 13.2 Å². The number of carbonyl (C=O) groups is 1. The lowest BCUT2D eigenvalue weighted by Gasteiger charge is -2.18. The first-order valence-corrected chi connectivity index (χ1v) is 6.91. The summed E-state index contributed by atoms with van der Waals surface area (Å²) in [4.78, 5) is 36.2. The van der Waals surface area contributed by atoms with E-state index in [1.165, 1.54) is 18.2 Å². The van der Waals surface area contributed by atoms with E-state index in [1.54, 1.807) is 0 Å². The summed E-state index contributed by atoms with van der Waals surface area (Å²) >= 11 is 0. The molecule has 1 aromatic carbocycles. The molecule has 126 valence electrons. The van der Waals surface area contributed by atoms with Crippen LogP contribution in [0.1, 0.15) is 22.5 Å². The number of Topliss-reactive ketones (excluding diaryl/α,β-unsaturated/α-hetero) is 1. The summed E-state index contributed by atoms with van der Waals surface area (Å²) in [5, 5.41) is 0. The molecular formula is C15H11F3N2O4. The van der Waals surface area contributed by atoms with Crippen LogP contribution in [0, 0.1) is 0 Å². The van der Waals surface area contributed by atoms with E-state index < -0.39 is 23.1 Å². The number of carbonyl (C=O) groups excluding carboxylic acids is 1. The average molecular weight is 340 g/mol. The third-order valence-electron chi connectivity index (χ3n) is 3.72. The highest BCUT2D eigenvalue weighted by Crippen LogP contribution is 2.28. The molecule has 0 atom stereocenters. The maximum atomic E-state index is 12.9. The van der Waals surface area contributed by atoms with Gasteiger partial charge < -0.3 is 4.74 Å². The molecule has 1 aromatic heterocycles. The highest BCUT2D eigenvalue weighted by Gasteiger charge is 2.35. The number of halogens is 3. The molecular weight excluding hydrogens is 329 g/mol. The van der Waals surface area contributed by atoms with Crippen LogP contribution in [0.3, 0.4) is 0 Å². The van der Waals surface area contributed by atoms with E-state index in [1.807, 2.05) is 0 Å². The molecule has 2 heterocycles. The van der Waals surface area contributed by atoms with Gasteiger partial charge in [0.15, 0.2) is 5.78 Å². The molecule has 0 amide bonds. The van der Waals surface area contributed by atoms with E-state index in [0.29, 0.717) is 21.0 Å². The van der Waals surface area contributed by atoms with Crippen molar-refractivity contribution in [2.45, 2.75) is 12.6 Å². The van der Waals surface area contributed by atoms with Crippen LogP contribution in [0.5, 0.6) is 5.75 Å². The molecule has 0 fully saturated rings. The molecule has 0 aliphatic carbocycles. The third kappa shape index (κ3) is 2.51. The standard InChI is InChI=1S/C15H11F3N2O4/c1-19-12(15(16,17)18)7-13(22)20(14(19)23)8-2-3-11-9(6-8)10(21)4-5-24-11/h2-3,6-7H,4-5H2,1H3.